The zero-order valence-electron chi connectivity index (χ0n) is 8.32. The standard InChI is InChI=1S/C12H10N2O/c1-15-11-8-4-2-3-5-10(8)14-12-9(11)6-7-13-12/h2-7H,1H3,(H,13,14). The maximum Gasteiger partial charge on any atom is 0.141 e. The van der Waals surface area contributed by atoms with Crippen molar-refractivity contribution in [2.75, 3.05) is 7.11 Å². The number of methoxy groups -OCH3 is 1. The molecule has 3 rings (SSSR count). The number of nitrogens with one attached hydrogen (secondary N) is 1. The number of ether oxygens (including phenoxy) is 1. The van der Waals surface area contributed by atoms with Crippen molar-refractivity contribution >= 4 is 21.9 Å². The first-order chi connectivity index (χ1) is 7.40. The van der Waals surface area contributed by atoms with Gasteiger partial charge in [-0.2, -0.15) is 0 Å². The highest BCUT2D eigenvalue weighted by atomic mass is 16.5. The summed E-state index contributed by atoms with van der Waals surface area (Å²) in [5.74, 6) is 0.886. The van der Waals surface area contributed by atoms with E-state index in [0.717, 1.165) is 27.7 Å². The van der Waals surface area contributed by atoms with E-state index in [2.05, 4.69) is 9.97 Å². The lowest BCUT2D eigenvalue weighted by Gasteiger charge is -2.05. The molecule has 0 radical (unpaired) electrons. The van der Waals surface area contributed by atoms with Crippen LogP contribution in [0.25, 0.3) is 21.9 Å². The summed E-state index contributed by atoms with van der Waals surface area (Å²) in [7, 11) is 1.69. The van der Waals surface area contributed by atoms with Crippen LogP contribution in [0.2, 0.25) is 0 Å². The van der Waals surface area contributed by atoms with Crippen molar-refractivity contribution in [3.05, 3.63) is 36.5 Å². The highest BCUT2D eigenvalue weighted by molar-refractivity contribution is 5.99. The fourth-order valence-corrected chi connectivity index (χ4v) is 1.88. The van der Waals surface area contributed by atoms with Crippen LogP contribution >= 0.6 is 0 Å². The molecule has 3 aromatic rings. The van der Waals surface area contributed by atoms with Crippen LogP contribution in [-0.4, -0.2) is 17.1 Å². The molecule has 0 aliphatic rings. The van der Waals surface area contributed by atoms with Crippen LogP contribution in [0.15, 0.2) is 36.5 Å². The molecule has 0 fully saturated rings. The van der Waals surface area contributed by atoms with E-state index < -0.39 is 0 Å². The predicted octanol–water partition coefficient (Wildman–Crippen LogP) is 2.72. The van der Waals surface area contributed by atoms with Gasteiger partial charge in [0.2, 0.25) is 0 Å². The quantitative estimate of drug-likeness (QED) is 0.652. The molecule has 2 aromatic heterocycles. The minimum Gasteiger partial charge on any atom is -0.495 e. The Balaban J connectivity index is 2.57. The normalized spacial score (nSPS) is 11.0. The Hall–Kier alpha value is -2.03. The molecule has 0 amide bonds. The molecule has 0 atom stereocenters. The summed E-state index contributed by atoms with van der Waals surface area (Å²) in [6, 6.07) is 9.95. The van der Waals surface area contributed by atoms with E-state index in [1.807, 2.05) is 36.5 Å². The third-order valence-electron chi connectivity index (χ3n) is 2.55. The van der Waals surface area contributed by atoms with Gasteiger partial charge in [-0.3, -0.25) is 0 Å². The average Bonchev–Trinajstić information content (AvgIpc) is 2.73. The summed E-state index contributed by atoms with van der Waals surface area (Å²) in [5, 5.41) is 2.07. The number of fused-ring (bicyclic) bond motifs is 2. The molecule has 0 unspecified atom stereocenters. The zero-order chi connectivity index (χ0) is 10.3. The Labute approximate surface area is 86.7 Å². The van der Waals surface area contributed by atoms with Crippen LogP contribution < -0.4 is 4.74 Å². The number of benzene rings is 1. The Kier molecular flexibility index (Phi) is 1.65. The van der Waals surface area contributed by atoms with E-state index >= 15 is 0 Å². The SMILES string of the molecule is COc1c2ccccc2nc2[nH]ccc12. The molecule has 74 valence electrons. The molecule has 0 bridgehead atoms. The second kappa shape index (κ2) is 2.98. The van der Waals surface area contributed by atoms with Gasteiger partial charge in [-0.1, -0.05) is 12.1 Å². The average molecular weight is 198 g/mol. The van der Waals surface area contributed by atoms with E-state index in [4.69, 9.17) is 4.74 Å². The van der Waals surface area contributed by atoms with Crippen LogP contribution in [0, 0.1) is 0 Å². The monoisotopic (exact) mass is 198 g/mol. The van der Waals surface area contributed by atoms with Gasteiger partial charge in [-0.15, -0.1) is 0 Å². The zero-order valence-corrected chi connectivity index (χ0v) is 8.32. The Morgan fingerprint density at radius 1 is 1.13 bits per heavy atom. The van der Waals surface area contributed by atoms with Gasteiger partial charge >= 0.3 is 0 Å². The first-order valence-electron chi connectivity index (χ1n) is 4.80. The number of para-hydroxylation sites is 1. The van der Waals surface area contributed by atoms with E-state index in [1.54, 1.807) is 7.11 Å². The number of pyridine rings is 1. The van der Waals surface area contributed by atoms with E-state index in [0.29, 0.717) is 0 Å². The first-order valence-corrected chi connectivity index (χ1v) is 4.80. The maximum absolute atomic E-state index is 5.44. The summed E-state index contributed by atoms with van der Waals surface area (Å²) in [6.45, 7) is 0. The van der Waals surface area contributed by atoms with E-state index in [1.165, 1.54) is 0 Å². The Morgan fingerprint density at radius 2 is 2.00 bits per heavy atom. The topological polar surface area (TPSA) is 37.9 Å². The van der Waals surface area contributed by atoms with Gasteiger partial charge in [0.15, 0.2) is 0 Å². The van der Waals surface area contributed by atoms with E-state index in [9.17, 15) is 0 Å². The lowest BCUT2D eigenvalue weighted by molar-refractivity contribution is 0.424. The predicted molar refractivity (Wildman–Crippen MR) is 60.2 cm³/mol. The Morgan fingerprint density at radius 3 is 2.87 bits per heavy atom. The lowest BCUT2D eigenvalue weighted by Crippen LogP contribution is -1.88. The number of hydrogen-bond acceptors (Lipinski definition) is 2. The molecule has 15 heavy (non-hydrogen) atoms. The number of hydrogen-bond donors (Lipinski definition) is 1. The van der Waals surface area contributed by atoms with Crippen molar-refractivity contribution < 1.29 is 4.74 Å². The molecule has 1 aromatic carbocycles. The molecular weight excluding hydrogens is 188 g/mol. The second-order valence-electron chi connectivity index (χ2n) is 3.40. The number of nitrogens with zero attached hydrogens (tertiary/aromatic N) is 1. The lowest BCUT2D eigenvalue weighted by atomic mass is 10.1. The van der Waals surface area contributed by atoms with Gasteiger partial charge in [0, 0.05) is 11.6 Å². The van der Waals surface area contributed by atoms with Crippen LogP contribution in [0.5, 0.6) is 5.75 Å². The van der Waals surface area contributed by atoms with Gasteiger partial charge < -0.3 is 9.72 Å². The summed E-state index contributed by atoms with van der Waals surface area (Å²) in [6.07, 6.45) is 1.87. The van der Waals surface area contributed by atoms with Gasteiger partial charge in [-0.25, -0.2) is 4.98 Å². The van der Waals surface area contributed by atoms with Crippen molar-refractivity contribution in [2.45, 2.75) is 0 Å². The van der Waals surface area contributed by atoms with Crippen LogP contribution in [0.4, 0.5) is 0 Å². The smallest absolute Gasteiger partial charge is 0.141 e. The van der Waals surface area contributed by atoms with E-state index in [-0.39, 0.29) is 0 Å². The van der Waals surface area contributed by atoms with Crippen LogP contribution in [0.1, 0.15) is 0 Å². The van der Waals surface area contributed by atoms with Gasteiger partial charge in [0.05, 0.1) is 18.0 Å². The minimum atomic E-state index is 0.866. The molecule has 3 nitrogen and oxygen atoms in total. The van der Waals surface area contributed by atoms with Crippen molar-refractivity contribution in [3.8, 4) is 5.75 Å². The molecule has 1 N–H and O–H groups in total. The number of aromatic amines is 1. The molecule has 0 aliphatic heterocycles. The molecule has 0 spiro atoms. The van der Waals surface area contributed by atoms with Gasteiger partial charge in [-0.05, 0) is 18.2 Å². The summed E-state index contributed by atoms with van der Waals surface area (Å²) in [4.78, 5) is 7.61. The van der Waals surface area contributed by atoms with Crippen molar-refractivity contribution in [3.63, 3.8) is 0 Å². The van der Waals surface area contributed by atoms with Gasteiger partial charge in [0.25, 0.3) is 0 Å². The number of H-pyrrole nitrogens is 1. The largest absolute Gasteiger partial charge is 0.495 e. The first kappa shape index (κ1) is 8.29. The molecule has 2 heterocycles. The second-order valence-corrected chi connectivity index (χ2v) is 3.40. The highest BCUT2D eigenvalue weighted by Gasteiger charge is 2.08. The molecule has 3 heteroatoms. The summed E-state index contributed by atoms with van der Waals surface area (Å²) in [5.41, 5.74) is 1.81. The van der Waals surface area contributed by atoms with Gasteiger partial charge in [0.1, 0.15) is 11.4 Å². The molecule has 0 saturated heterocycles. The number of rotatable bonds is 1. The molecule has 0 saturated carbocycles. The van der Waals surface area contributed by atoms with Crippen molar-refractivity contribution in [1.82, 2.24) is 9.97 Å². The maximum atomic E-state index is 5.44. The molecular formula is C12H10N2O. The van der Waals surface area contributed by atoms with Crippen LogP contribution in [0.3, 0.4) is 0 Å². The fraction of sp³-hybridized carbons (Fsp3) is 0.0833. The third-order valence-corrected chi connectivity index (χ3v) is 2.55. The fourth-order valence-electron chi connectivity index (χ4n) is 1.88. The highest BCUT2D eigenvalue weighted by Crippen LogP contribution is 2.31. The summed E-state index contributed by atoms with van der Waals surface area (Å²) >= 11 is 0. The Bertz CT molecular complexity index is 628. The third kappa shape index (κ3) is 1.09. The van der Waals surface area contributed by atoms with Crippen LogP contribution in [-0.2, 0) is 0 Å². The minimum absolute atomic E-state index is 0.866. The van der Waals surface area contributed by atoms with Crippen molar-refractivity contribution in [1.29, 1.82) is 0 Å². The van der Waals surface area contributed by atoms with Crippen molar-refractivity contribution in [2.24, 2.45) is 0 Å². The summed E-state index contributed by atoms with van der Waals surface area (Å²) < 4.78 is 5.44. The number of aromatic nitrogens is 2. The molecule has 0 aliphatic carbocycles.